The summed E-state index contributed by atoms with van der Waals surface area (Å²) in [5.74, 6) is 7.20. The number of amides is 1. The lowest BCUT2D eigenvalue weighted by Gasteiger charge is -2.17. The minimum Gasteiger partial charge on any atom is -0.336 e. The van der Waals surface area contributed by atoms with Crippen molar-refractivity contribution in [3.05, 3.63) is 35.7 Å². The first-order valence-electron chi connectivity index (χ1n) is 8.92. The summed E-state index contributed by atoms with van der Waals surface area (Å²) in [5, 5.41) is 11.4. The summed E-state index contributed by atoms with van der Waals surface area (Å²) < 4.78 is 1.47. The molecule has 1 aromatic carbocycles. The van der Waals surface area contributed by atoms with Crippen molar-refractivity contribution in [2.75, 3.05) is 11.2 Å². The van der Waals surface area contributed by atoms with E-state index in [4.69, 9.17) is 5.84 Å². The molecule has 2 atom stereocenters. The molecule has 0 saturated carbocycles. The maximum atomic E-state index is 12.5. The van der Waals surface area contributed by atoms with Gasteiger partial charge in [0.15, 0.2) is 5.82 Å². The van der Waals surface area contributed by atoms with Crippen LogP contribution < -0.4 is 11.2 Å². The van der Waals surface area contributed by atoms with Gasteiger partial charge in [-0.2, -0.15) is 0 Å². The average molecular weight is 376 g/mol. The molecule has 26 heavy (non-hydrogen) atoms. The van der Waals surface area contributed by atoms with Crippen molar-refractivity contribution in [3.63, 3.8) is 0 Å². The number of nitrogens with two attached hydrogens (primary N) is 1. The van der Waals surface area contributed by atoms with E-state index in [9.17, 15) is 4.79 Å². The third-order valence-corrected chi connectivity index (χ3v) is 5.40. The lowest BCUT2D eigenvalue weighted by molar-refractivity contribution is -0.115. The molecular formula is C19H29N5OS. The number of nitrogens with one attached hydrogen (secondary N) is 1. The number of nitrogens with zero attached hydrogens (tertiary/aromatic N) is 3. The average Bonchev–Trinajstić information content (AvgIpc) is 2.95. The van der Waals surface area contributed by atoms with Crippen molar-refractivity contribution >= 4 is 23.4 Å². The van der Waals surface area contributed by atoms with E-state index in [1.165, 1.54) is 22.0 Å². The van der Waals surface area contributed by atoms with E-state index >= 15 is 0 Å². The van der Waals surface area contributed by atoms with Gasteiger partial charge >= 0.3 is 0 Å². The number of nitrogen functional groups attached to an aromatic ring is 1. The quantitative estimate of drug-likeness (QED) is 0.590. The van der Waals surface area contributed by atoms with Crippen molar-refractivity contribution in [1.29, 1.82) is 0 Å². The Bertz CT molecular complexity index is 748. The second-order valence-corrected chi connectivity index (χ2v) is 8.91. The Morgan fingerprint density at radius 1 is 1.23 bits per heavy atom. The summed E-state index contributed by atoms with van der Waals surface area (Å²) in [7, 11) is 0. The Morgan fingerprint density at radius 3 is 2.35 bits per heavy atom. The van der Waals surface area contributed by atoms with Crippen LogP contribution in [0.5, 0.6) is 0 Å². The second kappa shape index (κ2) is 8.12. The van der Waals surface area contributed by atoms with Gasteiger partial charge in [0.25, 0.3) is 0 Å². The number of benzene rings is 1. The molecule has 1 heterocycles. The Balaban J connectivity index is 2.01. The molecule has 142 valence electrons. The van der Waals surface area contributed by atoms with Crippen LogP contribution in [0.25, 0.3) is 0 Å². The van der Waals surface area contributed by atoms with Crippen molar-refractivity contribution in [2.45, 2.75) is 69.7 Å². The number of hydrogen-bond donors (Lipinski definition) is 2. The zero-order valence-electron chi connectivity index (χ0n) is 16.4. The van der Waals surface area contributed by atoms with Gasteiger partial charge in [0, 0.05) is 11.1 Å². The van der Waals surface area contributed by atoms with Crippen molar-refractivity contribution in [3.8, 4) is 0 Å². The van der Waals surface area contributed by atoms with E-state index in [1.807, 2.05) is 39.8 Å². The largest absolute Gasteiger partial charge is 0.336 e. The molecule has 0 spiro atoms. The first-order chi connectivity index (χ1) is 12.1. The topological polar surface area (TPSA) is 85.8 Å². The second-order valence-electron chi connectivity index (χ2n) is 7.61. The van der Waals surface area contributed by atoms with E-state index in [0.29, 0.717) is 16.9 Å². The molecule has 6 nitrogen and oxygen atoms in total. The van der Waals surface area contributed by atoms with Gasteiger partial charge in [-0.05, 0) is 37.0 Å². The number of rotatable bonds is 6. The number of carbonyl (C=O) groups is 1. The number of aromatic nitrogens is 3. The summed E-state index contributed by atoms with van der Waals surface area (Å²) in [6.07, 6.45) is 1.09. The van der Waals surface area contributed by atoms with Gasteiger partial charge in [-0.15, -0.1) is 10.2 Å². The molecule has 3 N–H and O–H groups in total. The van der Waals surface area contributed by atoms with Crippen LogP contribution in [-0.2, 0) is 10.2 Å². The van der Waals surface area contributed by atoms with E-state index in [2.05, 4.69) is 41.5 Å². The van der Waals surface area contributed by atoms with Crippen molar-refractivity contribution in [1.82, 2.24) is 14.9 Å². The zero-order valence-corrected chi connectivity index (χ0v) is 17.2. The van der Waals surface area contributed by atoms with Gasteiger partial charge < -0.3 is 11.2 Å². The fraction of sp³-hybridized carbons (Fsp3) is 0.526. The molecule has 7 heteroatoms. The van der Waals surface area contributed by atoms with Gasteiger partial charge in [-0.1, -0.05) is 58.5 Å². The normalized spacial score (nSPS) is 14.1. The highest BCUT2D eigenvalue weighted by Crippen LogP contribution is 2.26. The van der Waals surface area contributed by atoms with Gasteiger partial charge in [0.2, 0.25) is 11.1 Å². The zero-order chi connectivity index (χ0) is 19.5. The van der Waals surface area contributed by atoms with Crippen LogP contribution in [0.4, 0.5) is 5.69 Å². The van der Waals surface area contributed by atoms with Crippen molar-refractivity contribution < 1.29 is 4.79 Å². The molecule has 1 aromatic heterocycles. The summed E-state index contributed by atoms with van der Waals surface area (Å²) in [4.78, 5) is 12.5. The monoisotopic (exact) mass is 375 g/mol. The molecule has 0 unspecified atom stereocenters. The Labute approximate surface area is 159 Å². The third-order valence-electron chi connectivity index (χ3n) is 4.35. The minimum absolute atomic E-state index is 0.0911. The molecule has 0 aliphatic rings. The Hall–Kier alpha value is -2.02. The molecule has 0 aliphatic heterocycles. The molecule has 0 fully saturated rings. The number of anilines is 1. The van der Waals surface area contributed by atoms with Crippen LogP contribution >= 0.6 is 11.8 Å². The van der Waals surface area contributed by atoms with Crippen LogP contribution in [0, 0.1) is 0 Å². The predicted molar refractivity (Wildman–Crippen MR) is 108 cm³/mol. The number of hydrogen-bond acceptors (Lipinski definition) is 5. The van der Waals surface area contributed by atoms with Crippen LogP contribution in [0.3, 0.4) is 0 Å². The molecule has 2 aromatic rings. The van der Waals surface area contributed by atoms with Crippen LogP contribution in [0.15, 0.2) is 29.4 Å². The summed E-state index contributed by atoms with van der Waals surface area (Å²) in [6.45, 7) is 12.3. The lowest BCUT2D eigenvalue weighted by atomic mass is 9.96. The fourth-order valence-electron chi connectivity index (χ4n) is 2.46. The summed E-state index contributed by atoms with van der Waals surface area (Å²) >= 11 is 1.30. The fourth-order valence-corrected chi connectivity index (χ4v) is 3.23. The Morgan fingerprint density at radius 2 is 1.85 bits per heavy atom. The molecule has 2 rings (SSSR count). The smallest absolute Gasteiger partial charge is 0.237 e. The molecule has 0 bridgehead atoms. The van der Waals surface area contributed by atoms with E-state index in [0.717, 1.165) is 12.1 Å². The predicted octanol–water partition coefficient (Wildman–Crippen LogP) is 3.92. The molecule has 1 amide bonds. The highest BCUT2D eigenvalue weighted by molar-refractivity contribution is 8.00. The number of carbonyl (C=O) groups excluding carboxylic acids is 1. The SMILES string of the molecule is CC[C@H](C)c1ccc(NC(=O)[C@H](C)Sc2nnc(C(C)(C)C)n2N)cc1. The molecular weight excluding hydrogens is 346 g/mol. The van der Waals surface area contributed by atoms with Gasteiger partial charge in [-0.3, -0.25) is 4.79 Å². The van der Waals surface area contributed by atoms with Gasteiger partial charge in [0.1, 0.15) is 0 Å². The Kier molecular flexibility index (Phi) is 6.34. The summed E-state index contributed by atoms with van der Waals surface area (Å²) in [5.41, 5.74) is 1.86. The van der Waals surface area contributed by atoms with Crippen molar-refractivity contribution in [2.24, 2.45) is 0 Å². The molecule has 0 saturated heterocycles. The third kappa shape index (κ3) is 4.78. The molecule has 0 radical (unpaired) electrons. The highest BCUT2D eigenvalue weighted by atomic mass is 32.2. The maximum absolute atomic E-state index is 12.5. The van der Waals surface area contributed by atoms with E-state index in [1.54, 1.807) is 0 Å². The van der Waals surface area contributed by atoms with Crippen LogP contribution in [-0.4, -0.2) is 26.0 Å². The van der Waals surface area contributed by atoms with Crippen LogP contribution in [0.1, 0.15) is 65.3 Å². The standard InChI is InChI=1S/C19H29N5OS/c1-7-12(2)14-8-10-15(11-9-14)21-16(25)13(3)26-18-23-22-17(24(18)20)19(4,5)6/h8-13H,7,20H2,1-6H3,(H,21,25)/t12-,13-/m0/s1. The van der Waals surface area contributed by atoms with Gasteiger partial charge in [0.05, 0.1) is 5.25 Å². The van der Waals surface area contributed by atoms with E-state index < -0.39 is 0 Å². The first-order valence-corrected chi connectivity index (χ1v) is 9.80. The number of thioether (sulfide) groups is 1. The maximum Gasteiger partial charge on any atom is 0.237 e. The first kappa shape index (κ1) is 20.3. The summed E-state index contributed by atoms with van der Waals surface area (Å²) in [6, 6.07) is 8.02. The molecule has 0 aliphatic carbocycles. The van der Waals surface area contributed by atoms with Gasteiger partial charge in [-0.25, -0.2) is 4.68 Å². The van der Waals surface area contributed by atoms with E-state index in [-0.39, 0.29) is 16.6 Å². The highest BCUT2D eigenvalue weighted by Gasteiger charge is 2.25. The lowest BCUT2D eigenvalue weighted by Crippen LogP contribution is -2.26. The minimum atomic E-state index is -0.344. The van der Waals surface area contributed by atoms with Crippen LogP contribution in [0.2, 0.25) is 0 Å².